The number of hydrogen-bond acceptors (Lipinski definition) is 3. The third kappa shape index (κ3) is 3.05. The summed E-state index contributed by atoms with van der Waals surface area (Å²) in [6.07, 6.45) is 1.73. The average Bonchev–Trinajstić information content (AvgIpc) is 2.37. The minimum Gasteiger partial charge on any atom is -0.397 e. The number of pyridine rings is 1. The molecule has 2 aromatic rings. The molecular formula is C16H21N3. The van der Waals surface area contributed by atoms with Crippen LogP contribution in [0.3, 0.4) is 0 Å². The first-order chi connectivity index (χ1) is 8.97. The second-order valence-electron chi connectivity index (χ2n) is 5.19. The van der Waals surface area contributed by atoms with Crippen LogP contribution in [0.25, 0.3) is 0 Å². The molecule has 0 amide bonds. The molecule has 0 radical (unpaired) electrons. The maximum Gasteiger partial charge on any atom is 0.128 e. The fourth-order valence-corrected chi connectivity index (χ4v) is 2.07. The minimum atomic E-state index is 0.740. The van der Waals surface area contributed by atoms with Crippen LogP contribution in [0.1, 0.15) is 22.3 Å². The second kappa shape index (κ2) is 5.31. The van der Waals surface area contributed by atoms with Gasteiger partial charge in [0.1, 0.15) is 5.82 Å². The normalized spacial score (nSPS) is 10.5. The molecule has 0 fully saturated rings. The van der Waals surface area contributed by atoms with E-state index < -0.39 is 0 Å². The molecular weight excluding hydrogens is 234 g/mol. The molecule has 100 valence electrons. The van der Waals surface area contributed by atoms with E-state index >= 15 is 0 Å². The molecule has 2 rings (SSSR count). The number of aromatic nitrogens is 1. The van der Waals surface area contributed by atoms with E-state index in [2.05, 4.69) is 49.0 Å². The molecule has 0 aliphatic heterocycles. The van der Waals surface area contributed by atoms with Gasteiger partial charge in [-0.3, -0.25) is 0 Å². The van der Waals surface area contributed by atoms with Gasteiger partial charge in [0.05, 0.1) is 11.9 Å². The molecule has 0 unspecified atom stereocenters. The Bertz CT molecular complexity index is 591. The van der Waals surface area contributed by atoms with Crippen LogP contribution in [0.4, 0.5) is 11.5 Å². The van der Waals surface area contributed by atoms with Gasteiger partial charge in [0.15, 0.2) is 0 Å². The van der Waals surface area contributed by atoms with E-state index in [-0.39, 0.29) is 0 Å². The largest absolute Gasteiger partial charge is 0.397 e. The molecule has 2 N–H and O–H groups in total. The Hall–Kier alpha value is -2.03. The van der Waals surface area contributed by atoms with Gasteiger partial charge in [-0.25, -0.2) is 4.98 Å². The second-order valence-corrected chi connectivity index (χ2v) is 5.19. The smallest absolute Gasteiger partial charge is 0.128 e. The Labute approximate surface area is 115 Å². The van der Waals surface area contributed by atoms with Crippen molar-refractivity contribution >= 4 is 11.5 Å². The fourth-order valence-electron chi connectivity index (χ4n) is 2.07. The highest BCUT2D eigenvalue weighted by molar-refractivity contribution is 5.52. The molecule has 0 atom stereocenters. The maximum atomic E-state index is 5.80. The first-order valence-electron chi connectivity index (χ1n) is 6.47. The molecule has 0 aliphatic rings. The monoisotopic (exact) mass is 255 g/mol. The van der Waals surface area contributed by atoms with Crippen LogP contribution in [-0.2, 0) is 6.54 Å². The van der Waals surface area contributed by atoms with E-state index in [1.807, 2.05) is 13.0 Å². The van der Waals surface area contributed by atoms with Gasteiger partial charge in [-0.15, -0.1) is 0 Å². The topological polar surface area (TPSA) is 42.1 Å². The van der Waals surface area contributed by atoms with E-state index in [0.29, 0.717) is 0 Å². The maximum absolute atomic E-state index is 5.80. The van der Waals surface area contributed by atoms with Crippen LogP contribution in [0.2, 0.25) is 0 Å². The van der Waals surface area contributed by atoms with Crippen molar-refractivity contribution in [2.45, 2.75) is 27.3 Å². The van der Waals surface area contributed by atoms with E-state index in [1.54, 1.807) is 6.20 Å². The first kappa shape index (κ1) is 13.4. The number of rotatable bonds is 3. The highest BCUT2D eigenvalue weighted by Gasteiger charge is 2.07. The highest BCUT2D eigenvalue weighted by atomic mass is 15.2. The van der Waals surface area contributed by atoms with Crippen LogP contribution in [-0.4, -0.2) is 12.0 Å². The summed E-state index contributed by atoms with van der Waals surface area (Å²) in [6, 6.07) is 8.57. The zero-order chi connectivity index (χ0) is 14.0. The summed E-state index contributed by atoms with van der Waals surface area (Å²) >= 11 is 0. The molecule has 0 spiro atoms. The molecule has 0 saturated heterocycles. The first-order valence-corrected chi connectivity index (χ1v) is 6.47. The van der Waals surface area contributed by atoms with Crippen molar-refractivity contribution in [3.63, 3.8) is 0 Å². The Morgan fingerprint density at radius 1 is 1.11 bits per heavy atom. The van der Waals surface area contributed by atoms with Crippen molar-refractivity contribution in [3.8, 4) is 0 Å². The summed E-state index contributed by atoms with van der Waals surface area (Å²) in [5, 5.41) is 0. The van der Waals surface area contributed by atoms with E-state index in [1.165, 1.54) is 16.7 Å². The summed E-state index contributed by atoms with van der Waals surface area (Å²) in [5.41, 5.74) is 11.5. The number of hydrogen-bond donors (Lipinski definition) is 1. The van der Waals surface area contributed by atoms with Crippen LogP contribution >= 0.6 is 0 Å². The van der Waals surface area contributed by atoms with Crippen LogP contribution in [0.5, 0.6) is 0 Å². The summed E-state index contributed by atoms with van der Waals surface area (Å²) in [6.45, 7) is 7.12. The van der Waals surface area contributed by atoms with Crippen molar-refractivity contribution in [2.75, 3.05) is 17.7 Å². The SMILES string of the molecule is Cc1ccc(C)c(CN(C)c2cc(C)c(N)cn2)c1. The van der Waals surface area contributed by atoms with Gasteiger partial charge in [0.2, 0.25) is 0 Å². The molecule has 3 nitrogen and oxygen atoms in total. The molecule has 3 heteroatoms. The van der Waals surface area contributed by atoms with Gasteiger partial charge < -0.3 is 10.6 Å². The zero-order valence-corrected chi connectivity index (χ0v) is 12.1. The Morgan fingerprint density at radius 2 is 1.84 bits per heavy atom. The predicted molar refractivity (Wildman–Crippen MR) is 81.4 cm³/mol. The Morgan fingerprint density at radius 3 is 2.53 bits per heavy atom. The summed E-state index contributed by atoms with van der Waals surface area (Å²) in [7, 11) is 2.06. The van der Waals surface area contributed by atoms with Gasteiger partial charge in [0, 0.05) is 13.6 Å². The third-order valence-corrected chi connectivity index (χ3v) is 3.44. The van der Waals surface area contributed by atoms with Gasteiger partial charge >= 0.3 is 0 Å². The molecule has 1 aromatic heterocycles. The van der Waals surface area contributed by atoms with Crippen molar-refractivity contribution in [1.29, 1.82) is 0 Å². The molecule has 0 aliphatic carbocycles. The summed E-state index contributed by atoms with van der Waals surface area (Å²) in [5.74, 6) is 0.951. The Kier molecular flexibility index (Phi) is 3.74. The van der Waals surface area contributed by atoms with Gasteiger partial charge in [0.25, 0.3) is 0 Å². The quantitative estimate of drug-likeness (QED) is 0.915. The third-order valence-electron chi connectivity index (χ3n) is 3.44. The van der Waals surface area contributed by atoms with Crippen LogP contribution < -0.4 is 10.6 Å². The number of nitrogens with zero attached hydrogens (tertiary/aromatic N) is 2. The standard InChI is InChI=1S/C16H21N3/c1-11-5-6-12(2)14(7-11)10-19(4)16-8-13(3)15(17)9-18-16/h5-9H,10,17H2,1-4H3. The molecule has 0 saturated carbocycles. The minimum absolute atomic E-state index is 0.740. The van der Waals surface area contributed by atoms with Crippen molar-refractivity contribution < 1.29 is 0 Å². The van der Waals surface area contributed by atoms with E-state index in [0.717, 1.165) is 23.6 Å². The highest BCUT2D eigenvalue weighted by Crippen LogP contribution is 2.19. The fraction of sp³-hybridized carbons (Fsp3) is 0.312. The van der Waals surface area contributed by atoms with Crippen molar-refractivity contribution in [2.24, 2.45) is 0 Å². The van der Waals surface area contributed by atoms with Gasteiger partial charge in [-0.2, -0.15) is 0 Å². The number of aryl methyl sites for hydroxylation is 3. The van der Waals surface area contributed by atoms with Crippen molar-refractivity contribution in [3.05, 3.63) is 52.7 Å². The molecule has 1 heterocycles. The number of anilines is 2. The molecule has 19 heavy (non-hydrogen) atoms. The molecule has 0 bridgehead atoms. The lowest BCUT2D eigenvalue weighted by Crippen LogP contribution is -2.18. The van der Waals surface area contributed by atoms with E-state index in [9.17, 15) is 0 Å². The predicted octanol–water partition coefficient (Wildman–Crippen LogP) is 3.23. The summed E-state index contributed by atoms with van der Waals surface area (Å²) in [4.78, 5) is 6.54. The van der Waals surface area contributed by atoms with E-state index in [4.69, 9.17) is 5.73 Å². The van der Waals surface area contributed by atoms with Gasteiger partial charge in [-0.05, 0) is 43.5 Å². The lowest BCUT2D eigenvalue weighted by Gasteiger charge is -2.20. The van der Waals surface area contributed by atoms with Crippen LogP contribution in [0.15, 0.2) is 30.5 Å². The molecule has 1 aromatic carbocycles. The number of nitrogens with two attached hydrogens (primary N) is 1. The van der Waals surface area contributed by atoms with Crippen molar-refractivity contribution in [1.82, 2.24) is 4.98 Å². The lowest BCUT2D eigenvalue weighted by molar-refractivity contribution is 0.888. The zero-order valence-electron chi connectivity index (χ0n) is 12.1. The summed E-state index contributed by atoms with van der Waals surface area (Å²) < 4.78 is 0. The lowest BCUT2D eigenvalue weighted by atomic mass is 10.1. The number of nitrogen functional groups attached to an aromatic ring is 1. The number of benzene rings is 1. The van der Waals surface area contributed by atoms with Crippen LogP contribution in [0, 0.1) is 20.8 Å². The Balaban J connectivity index is 2.22. The van der Waals surface area contributed by atoms with Gasteiger partial charge in [-0.1, -0.05) is 23.8 Å². The average molecular weight is 255 g/mol.